The van der Waals surface area contributed by atoms with Gasteiger partial charge in [0.05, 0.1) is 25.0 Å². The summed E-state index contributed by atoms with van der Waals surface area (Å²) in [6.45, 7) is 2.42. The van der Waals surface area contributed by atoms with Gasteiger partial charge in [-0.3, -0.25) is 9.78 Å². The Labute approximate surface area is 195 Å². The van der Waals surface area contributed by atoms with E-state index in [4.69, 9.17) is 15.0 Å². The largest absolute Gasteiger partial charge is 0.449 e. The molecule has 1 aliphatic carbocycles. The topological polar surface area (TPSA) is 132 Å². The van der Waals surface area contributed by atoms with Crippen molar-refractivity contribution in [2.24, 2.45) is 5.92 Å². The number of nitrogens with zero attached hydrogens (tertiary/aromatic N) is 2. The molecular formula is C23H25N5O4S. The van der Waals surface area contributed by atoms with E-state index in [1.165, 1.54) is 17.4 Å². The standard InChI is InChI=1S/C23H25N5O4S/c1-14-17(12-27-32-14)11-26-23(30)31-13-16-4-6-18-19(9-16)33-22(21(18)24)28-20(29)7-5-15-3-2-8-25-10-15/h2-3,5,7-8,10,12,16H,4,6,9,11,13,24H2,1H3,(H,26,30)(H,28,29)/b7-5+. The molecule has 3 heterocycles. The number of amides is 2. The minimum Gasteiger partial charge on any atom is -0.449 e. The van der Waals surface area contributed by atoms with Crippen LogP contribution in [-0.2, 0) is 28.9 Å². The van der Waals surface area contributed by atoms with Crippen LogP contribution < -0.4 is 16.4 Å². The Morgan fingerprint density at radius 1 is 1.39 bits per heavy atom. The lowest BCUT2D eigenvalue weighted by Crippen LogP contribution is -2.27. The molecule has 4 N–H and O–H groups in total. The van der Waals surface area contributed by atoms with Gasteiger partial charge in [-0.05, 0) is 55.4 Å². The van der Waals surface area contributed by atoms with Crippen molar-refractivity contribution in [2.45, 2.75) is 32.7 Å². The first-order chi connectivity index (χ1) is 16.0. The van der Waals surface area contributed by atoms with E-state index in [9.17, 15) is 9.59 Å². The van der Waals surface area contributed by atoms with Crippen LogP contribution in [0.15, 0.2) is 41.3 Å². The van der Waals surface area contributed by atoms with Gasteiger partial charge in [0.25, 0.3) is 0 Å². The van der Waals surface area contributed by atoms with E-state index >= 15 is 0 Å². The number of hydrogen-bond acceptors (Lipinski definition) is 8. The zero-order chi connectivity index (χ0) is 23.2. The SMILES string of the molecule is Cc1oncc1CNC(=O)OCC1CCc2c(sc(NC(=O)/C=C/c3cccnc3)c2N)C1. The Morgan fingerprint density at radius 2 is 2.27 bits per heavy atom. The average molecular weight is 468 g/mol. The zero-order valence-electron chi connectivity index (χ0n) is 18.2. The van der Waals surface area contributed by atoms with Gasteiger partial charge < -0.3 is 25.6 Å². The van der Waals surface area contributed by atoms with E-state index in [1.54, 1.807) is 31.6 Å². The Balaban J connectivity index is 1.28. The summed E-state index contributed by atoms with van der Waals surface area (Å²) in [5, 5.41) is 9.92. The molecule has 0 bridgehead atoms. The highest BCUT2D eigenvalue weighted by molar-refractivity contribution is 7.17. The summed E-state index contributed by atoms with van der Waals surface area (Å²) < 4.78 is 10.4. The second-order valence-electron chi connectivity index (χ2n) is 7.82. The molecule has 0 saturated carbocycles. The molecule has 3 aromatic rings. The average Bonchev–Trinajstić information content (AvgIpc) is 3.37. The molecule has 33 heavy (non-hydrogen) atoms. The number of rotatable bonds is 7. The van der Waals surface area contributed by atoms with E-state index < -0.39 is 6.09 Å². The van der Waals surface area contributed by atoms with Crippen molar-refractivity contribution in [3.63, 3.8) is 0 Å². The number of nitrogens with two attached hydrogens (primary N) is 1. The number of ether oxygens (including phenoxy) is 1. The third kappa shape index (κ3) is 5.78. The molecule has 0 saturated heterocycles. The van der Waals surface area contributed by atoms with Crippen LogP contribution in [0.5, 0.6) is 0 Å². The van der Waals surface area contributed by atoms with Crippen LogP contribution >= 0.6 is 11.3 Å². The van der Waals surface area contributed by atoms with Gasteiger partial charge in [0, 0.05) is 28.9 Å². The predicted octanol–water partition coefficient (Wildman–Crippen LogP) is 3.70. The minimum absolute atomic E-state index is 0.202. The first-order valence-corrected chi connectivity index (χ1v) is 11.4. The number of nitrogens with one attached hydrogen (secondary N) is 2. The van der Waals surface area contributed by atoms with Crippen LogP contribution in [-0.4, -0.2) is 28.7 Å². The third-order valence-corrected chi connectivity index (χ3v) is 6.67. The fraction of sp³-hybridized carbons (Fsp3) is 0.304. The molecule has 172 valence electrons. The van der Waals surface area contributed by atoms with Crippen LogP contribution in [0.4, 0.5) is 15.5 Å². The van der Waals surface area contributed by atoms with Gasteiger partial charge in [0.15, 0.2) is 0 Å². The lowest BCUT2D eigenvalue weighted by Gasteiger charge is -2.22. The molecule has 4 rings (SSSR count). The molecule has 0 radical (unpaired) electrons. The van der Waals surface area contributed by atoms with Crippen LogP contribution in [0.25, 0.3) is 6.08 Å². The molecule has 1 aliphatic rings. The van der Waals surface area contributed by atoms with Crippen LogP contribution in [0.1, 0.15) is 33.7 Å². The Hall–Kier alpha value is -3.66. The molecular weight excluding hydrogens is 442 g/mol. The monoisotopic (exact) mass is 467 g/mol. The van der Waals surface area contributed by atoms with Gasteiger partial charge in [-0.25, -0.2) is 4.79 Å². The van der Waals surface area contributed by atoms with E-state index in [0.717, 1.165) is 40.8 Å². The molecule has 1 atom stereocenters. The van der Waals surface area contributed by atoms with Crippen LogP contribution in [0, 0.1) is 12.8 Å². The van der Waals surface area contributed by atoms with E-state index in [0.29, 0.717) is 29.6 Å². The van der Waals surface area contributed by atoms with E-state index in [2.05, 4.69) is 20.8 Å². The maximum atomic E-state index is 12.3. The number of aryl methyl sites for hydroxylation is 1. The van der Waals surface area contributed by atoms with Gasteiger partial charge >= 0.3 is 6.09 Å². The number of carbonyl (C=O) groups excluding carboxylic acids is 2. The van der Waals surface area contributed by atoms with E-state index in [-0.39, 0.29) is 11.8 Å². The number of carbonyl (C=O) groups is 2. The van der Waals surface area contributed by atoms with Crippen molar-refractivity contribution in [1.82, 2.24) is 15.5 Å². The predicted molar refractivity (Wildman–Crippen MR) is 126 cm³/mol. The molecule has 2 amide bonds. The van der Waals surface area contributed by atoms with E-state index in [1.807, 2.05) is 12.1 Å². The highest BCUT2D eigenvalue weighted by Gasteiger charge is 2.26. The zero-order valence-corrected chi connectivity index (χ0v) is 19.0. The van der Waals surface area contributed by atoms with Crippen LogP contribution in [0.2, 0.25) is 0 Å². The fourth-order valence-corrected chi connectivity index (χ4v) is 4.90. The van der Waals surface area contributed by atoms with Crippen molar-refractivity contribution in [3.05, 3.63) is 64.1 Å². The Bertz CT molecular complexity index is 1160. The van der Waals surface area contributed by atoms with Gasteiger partial charge in [-0.1, -0.05) is 11.2 Å². The summed E-state index contributed by atoms with van der Waals surface area (Å²) in [5.41, 5.74) is 9.66. The van der Waals surface area contributed by atoms with Crippen molar-refractivity contribution in [1.29, 1.82) is 0 Å². The normalized spacial score (nSPS) is 15.2. The minimum atomic E-state index is -0.472. The number of pyridine rings is 1. The molecule has 10 heteroatoms. The first kappa shape index (κ1) is 22.5. The number of thiophene rings is 1. The number of anilines is 2. The third-order valence-electron chi connectivity index (χ3n) is 5.48. The maximum Gasteiger partial charge on any atom is 0.407 e. The number of nitrogen functional groups attached to an aromatic ring is 1. The highest BCUT2D eigenvalue weighted by Crippen LogP contribution is 2.41. The first-order valence-electron chi connectivity index (χ1n) is 10.6. The van der Waals surface area contributed by atoms with Crippen LogP contribution in [0.3, 0.4) is 0 Å². The fourth-order valence-electron chi connectivity index (χ4n) is 3.61. The molecule has 0 aromatic carbocycles. The van der Waals surface area contributed by atoms with Gasteiger partial charge in [-0.2, -0.15) is 0 Å². The summed E-state index contributed by atoms with van der Waals surface area (Å²) in [6.07, 6.45) is 10.0. The molecule has 0 aliphatic heterocycles. The second-order valence-corrected chi connectivity index (χ2v) is 8.93. The van der Waals surface area contributed by atoms with Gasteiger partial charge in [-0.15, -0.1) is 11.3 Å². The maximum absolute atomic E-state index is 12.3. The summed E-state index contributed by atoms with van der Waals surface area (Å²) in [5.74, 6) is 0.622. The summed E-state index contributed by atoms with van der Waals surface area (Å²) in [4.78, 5) is 29.5. The highest BCUT2D eigenvalue weighted by atomic mass is 32.1. The molecule has 3 aromatic heterocycles. The molecule has 0 fully saturated rings. The summed E-state index contributed by atoms with van der Waals surface area (Å²) in [6, 6.07) is 3.68. The smallest absolute Gasteiger partial charge is 0.407 e. The Kier molecular flexibility index (Phi) is 7.04. The number of alkyl carbamates (subject to hydrolysis) is 1. The van der Waals surface area contributed by atoms with Crippen molar-refractivity contribution < 1.29 is 18.8 Å². The molecule has 0 spiro atoms. The number of aromatic nitrogens is 2. The van der Waals surface area contributed by atoms with Crippen molar-refractivity contribution >= 4 is 40.1 Å². The van der Waals surface area contributed by atoms with Crippen molar-refractivity contribution in [3.8, 4) is 0 Å². The Morgan fingerprint density at radius 3 is 3.03 bits per heavy atom. The number of fused-ring (bicyclic) bond motifs is 1. The van der Waals surface area contributed by atoms with Gasteiger partial charge in [0.1, 0.15) is 10.8 Å². The quantitative estimate of drug-likeness (QED) is 0.451. The molecule has 9 nitrogen and oxygen atoms in total. The van der Waals surface area contributed by atoms with Crippen molar-refractivity contribution in [2.75, 3.05) is 17.7 Å². The summed E-state index contributed by atoms with van der Waals surface area (Å²) >= 11 is 1.48. The lowest BCUT2D eigenvalue weighted by molar-refractivity contribution is -0.111. The van der Waals surface area contributed by atoms with Gasteiger partial charge in [0.2, 0.25) is 5.91 Å². The number of hydrogen-bond donors (Lipinski definition) is 3. The summed E-state index contributed by atoms with van der Waals surface area (Å²) in [7, 11) is 0. The lowest BCUT2D eigenvalue weighted by atomic mass is 9.89. The second kappa shape index (κ2) is 10.3. The molecule has 1 unspecified atom stereocenters.